The van der Waals surface area contributed by atoms with Gasteiger partial charge in [-0.05, 0) is 25.7 Å². The normalized spacial score (nSPS) is 40.0. The second-order valence-corrected chi connectivity index (χ2v) is 8.75. The minimum absolute atomic E-state index is 0.00546. The molecule has 0 unspecified atom stereocenters. The topological polar surface area (TPSA) is 65.0 Å². The largest absolute Gasteiger partial charge is 0.465 e. The number of ketones is 1. The van der Waals surface area contributed by atoms with E-state index in [1.165, 1.54) is 19.3 Å². The van der Waals surface area contributed by atoms with Gasteiger partial charge in [-0.2, -0.15) is 0 Å². The van der Waals surface area contributed by atoms with Crippen molar-refractivity contribution in [3.63, 3.8) is 0 Å². The van der Waals surface area contributed by atoms with Gasteiger partial charge in [0.2, 0.25) is 0 Å². The van der Waals surface area contributed by atoms with Crippen LogP contribution in [-0.2, 0) is 19.0 Å². The minimum Gasteiger partial charge on any atom is -0.465 e. The number of aliphatic hydroxyl groups is 1. The summed E-state index contributed by atoms with van der Waals surface area (Å²) >= 11 is 0. The molecule has 1 N–H and O–H groups in total. The van der Waals surface area contributed by atoms with E-state index in [-0.39, 0.29) is 23.9 Å². The number of rotatable bonds is 5. The van der Waals surface area contributed by atoms with Crippen LogP contribution in [0.3, 0.4) is 0 Å². The molecule has 0 radical (unpaired) electrons. The van der Waals surface area contributed by atoms with Crippen LogP contribution in [0, 0.1) is 5.92 Å². The number of fused-ring (bicyclic) bond motifs is 2. The maximum absolute atomic E-state index is 12.8. The Bertz CT molecular complexity index is 707. The number of ether oxygens (including phenoxy) is 3. The fourth-order valence-electron chi connectivity index (χ4n) is 5.74. The highest BCUT2D eigenvalue weighted by atomic mass is 16.8. The summed E-state index contributed by atoms with van der Waals surface area (Å²) in [5, 5.41) is 10.2. The summed E-state index contributed by atoms with van der Waals surface area (Å²) in [5.74, 6) is 0.934. The van der Waals surface area contributed by atoms with Gasteiger partial charge in [-0.3, -0.25) is 4.79 Å². The first kappa shape index (κ1) is 17.9. The summed E-state index contributed by atoms with van der Waals surface area (Å²) in [7, 11) is 0. The van der Waals surface area contributed by atoms with E-state index in [4.69, 9.17) is 14.2 Å². The van der Waals surface area contributed by atoms with Crippen molar-refractivity contribution in [2.75, 3.05) is 0 Å². The van der Waals surface area contributed by atoms with Crippen molar-refractivity contribution in [1.29, 1.82) is 0 Å². The predicted molar refractivity (Wildman–Crippen MR) is 98.6 cm³/mol. The number of unbranched alkanes of at least 4 members (excludes halogenated alkanes) is 3. The molecule has 0 aromatic carbocycles. The van der Waals surface area contributed by atoms with Gasteiger partial charge in [-0.15, -0.1) is 0 Å². The number of allylic oxidation sites excluding steroid dienone is 2. The lowest BCUT2D eigenvalue weighted by Crippen LogP contribution is -2.48. The van der Waals surface area contributed by atoms with Gasteiger partial charge in [0.25, 0.3) is 0 Å². The van der Waals surface area contributed by atoms with Crippen LogP contribution < -0.4 is 0 Å². The number of hydrogen-bond donors (Lipinski definition) is 1. The molecule has 1 spiro atoms. The second kappa shape index (κ2) is 6.71. The lowest BCUT2D eigenvalue weighted by molar-refractivity contribution is -0.177. The Morgan fingerprint density at radius 3 is 2.89 bits per heavy atom. The van der Waals surface area contributed by atoms with E-state index in [0.29, 0.717) is 18.4 Å². The average molecular weight is 374 g/mol. The summed E-state index contributed by atoms with van der Waals surface area (Å²) in [6, 6.07) is 0. The van der Waals surface area contributed by atoms with Crippen molar-refractivity contribution in [2.24, 2.45) is 5.92 Å². The van der Waals surface area contributed by atoms with Crippen molar-refractivity contribution in [2.45, 2.75) is 102 Å². The summed E-state index contributed by atoms with van der Waals surface area (Å²) in [6.45, 7) is 2.22. The Hall–Kier alpha value is -1.17. The average Bonchev–Trinajstić information content (AvgIpc) is 2.92. The van der Waals surface area contributed by atoms with Gasteiger partial charge in [0.1, 0.15) is 17.6 Å². The molecule has 27 heavy (non-hydrogen) atoms. The van der Waals surface area contributed by atoms with E-state index in [9.17, 15) is 9.90 Å². The third-order valence-corrected chi connectivity index (χ3v) is 6.99. The zero-order valence-electron chi connectivity index (χ0n) is 16.2. The summed E-state index contributed by atoms with van der Waals surface area (Å²) in [6.07, 6.45) is 9.76. The van der Waals surface area contributed by atoms with Crippen LogP contribution in [0.5, 0.6) is 0 Å². The fourth-order valence-corrected chi connectivity index (χ4v) is 5.74. The molecule has 0 amide bonds. The molecule has 0 aromatic heterocycles. The molecule has 3 aliphatic heterocycles. The zero-order valence-corrected chi connectivity index (χ0v) is 16.2. The van der Waals surface area contributed by atoms with Crippen LogP contribution >= 0.6 is 0 Å². The van der Waals surface area contributed by atoms with Crippen molar-refractivity contribution < 1.29 is 24.1 Å². The molecule has 2 saturated heterocycles. The molecular formula is C22H30O5. The summed E-state index contributed by atoms with van der Waals surface area (Å²) in [5.41, 5.74) is 1.77. The number of Topliss-reactive ketones (excluding diaryl/α,β-unsaturated/α-hetero) is 1. The molecule has 5 atom stereocenters. The van der Waals surface area contributed by atoms with Crippen LogP contribution in [0.2, 0.25) is 0 Å². The molecule has 3 heterocycles. The van der Waals surface area contributed by atoms with Crippen LogP contribution in [0.15, 0.2) is 22.7 Å². The third kappa shape index (κ3) is 2.73. The van der Waals surface area contributed by atoms with Crippen LogP contribution in [0.4, 0.5) is 0 Å². The van der Waals surface area contributed by atoms with Crippen LogP contribution in [0.1, 0.15) is 77.6 Å². The highest BCUT2D eigenvalue weighted by Gasteiger charge is 2.61. The molecule has 5 aliphatic rings. The fraction of sp³-hybridized carbons (Fsp3) is 0.773. The molecule has 0 aromatic rings. The van der Waals surface area contributed by atoms with E-state index in [0.717, 1.165) is 55.6 Å². The quantitative estimate of drug-likeness (QED) is 0.739. The van der Waals surface area contributed by atoms with Crippen molar-refractivity contribution in [1.82, 2.24) is 0 Å². The van der Waals surface area contributed by atoms with Gasteiger partial charge in [-0.1, -0.05) is 32.6 Å². The molecule has 0 saturated carbocycles. The highest BCUT2D eigenvalue weighted by Crippen LogP contribution is 2.58. The van der Waals surface area contributed by atoms with Crippen molar-refractivity contribution in [3.8, 4) is 0 Å². The predicted octanol–water partition coefficient (Wildman–Crippen LogP) is 3.90. The number of aliphatic hydroxyl groups excluding tert-OH is 1. The molecule has 5 rings (SSSR count). The lowest BCUT2D eigenvalue weighted by atomic mass is 9.70. The minimum atomic E-state index is -0.889. The third-order valence-electron chi connectivity index (χ3n) is 6.99. The van der Waals surface area contributed by atoms with E-state index >= 15 is 0 Å². The molecule has 2 bridgehead atoms. The maximum atomic E-state index is 12.8. The van der Waals surface area contributed by atoms with Gasteiger partial charge in [0.15, 0.2) is 11.6 Å². The summed E-state index contributed by atoms with van der Waals surface area (Å²) in [4.78, 5) is 12.8. The number of hydrogen-bond acceptors (Lipinski definition) is 5. The van der Waals surface area contributed by atoms with Gasteiger partial charge < -0.3 is 19.3 Å². The van der Waals surface area contributed by atoms with E-state index in [1.807, 2.05) is 0 Å². The molecule has 5 heteroatoms. The van der Waals surface area contributed by atoms with Gasteiger partial charge >= 0.3 is 0 Å². The molecule has 5 nitrogen and oxygen atoms in total. The van der Waals surface area contributed by atoms with Crippen LogP contribution in [-0.4, -0.2) is 35.0 Å². The lowest BCUT2D eigenvalue weighted by Gasteiger charge is -2.46. The van der Waals surface area contributed by atoms with E-state index in [1.54, 1.807) is 0 Å². The first-order chi connectivity index (χ1) is 13.1. The van der Waals surface area contributed by atoms with Gasteiger partial charge in [0, 0.05) is 36.3 Å². The van der Waals surface area contributed by atoms with E-state index < -0.39 is 11.9 Å². The Balaban J connectivity index is 1.46. The first-order valence-electron chi connectivity index (χ1n) is 10.9. The van der Waals surface area contributed by atoms with Gasteiger partial charge in [-0.25, -0.2) is 0 Å². The Labute approximate surface area is 160 Å². The summed E-state index contributed by atoms with van der Waals surface area (Å²) < 4.78 is 19.3. The highest BCUT2D eigenvalue weighted by molar-refractivity contribution is 6.01. The van der Waals surface area contributed by atoms with Gasteiger partial charge in [0.05, 0.1) is 12.2 Å². The van der Waals surface area contributed by atoms with Crippen molar-refractivity contribution >= 4 is 5.78 Å². The van der Waals surface area contributed by atoms with Crippen LogP contribution in [0.25, 0.3) is 0 Å². The van der Waals surface area contributed by atoms with E-state index in [2.05, 4.69) is 6.92 Å². The zero-order chi connectivity index (χ0) is 18.6. The maximum Gasteiger partial charge on any atom is 0.195 e. The smallest absolute Gasteiger partial charge is 0.195 e. The Morgan fingerprint density at radius 1 is 1.15 bits per heavy atom. The monoisotopic (exact) mass is 374 g/mol. The second-order valence-electron chi connectivity index (χ2n) is 8.75. The molecule has 2 aliphatic carbocycles. The Morgan fingerprint density at radius 2 is 2.04 bits per heavy atom. The number of carbonyl (C=O) groups excluding carboxylic acids is 1. The molecule has 148 valence electrons. The molecular weight excluding hydrogens is 344 g/mol. The standard InChI is InChI=1S/C22H30O5/c1-2-3-4-5-7-15-18-12-13-19-16(10-9-14(23)21(19)24)25-17-8-6-11-22(26-15,27-18)20(13)17/h13-15,18,23H,2-12H2,1H3/t13-,14+,15-,18-,22+/m0/s1. The first-order valence-corrected chi connectivity index (χ1v) is 10.9. The Kier molecular flexibility index (Phi) is 4.45. The molecule has 2 fully saturated rings. The SMILES string of the molecule is CCCCCC[C@@H]1O[C@@]23CCCC4=C2[C@@H](C[C@@H]1O3)C1=C(CC[C@@H](O)C1=O)O4. The number of carbonyl (C=O) groups is 1. The van der Waals surface area contributed by atoms with Crippen molar-refractivity contribution in [3.05, 3.63) is 22.7 Å².